The molecular weight excluding hydrogens is 150 g/mol. The molecule has 1 aliphatic heterocycles. The Labute approximate surface area is 71.3 Å². The van der Waals surface area contributed by atoms with Crippen LogP contribution in [0, 0.1) is 0 Å². The maximum Gasteiger partial charge on any atom is 0.146 e. The number of fused-ring (bicyclic) bond motifs is 2. The Morgan fingerprint density at radius 2 is 2.17 bits per heavy atom. The van der Waals surface area contributed by atoms with E-state index in [1.165, 1.54) is 18.4 Å². The zero-order chi connectivity index (χ0) is 8.18. The summed E-state index contributed by atoms with van der Waals surface area (Å²) in [5, 5.41) is 0. The van der Waals surface area contributed by atoms with Crippen LogP contribution in [-0.2, 0) is 5.41 Å². The first kappa shape index (κ1) is 6.35. The zero-order valence-corrected chi connectivity index (χ0v) is 6.84. The van der Waals surface area contributed by atoms with E-state index in [1.54, 1.807) is 0 Å². The van der Waals surface area contributed by atoms with E-state index >= 15 is 0 Å². The second kappa shape index (κ2) is 1.76. The zero-order valence-electron chi connectivity index (χ0n) is 6.84. The molecule has 0 bridgehead atoms. The summed E-state index contributed by atoms with van der Waals surface area (Å²) in [4.78, 5) is 0. The summed E-state index contributed by atoms with van der Waals surface area (Å²) in [5.41, 5.74) is 8.29. The van der Waals surface area contributed by atoms with Crippen molar-refractivity contribution in [2.24, 2.45) is 0 Å². The number of hydrogen-bond acceptors (Lipinski definition) is 2. The van der Waals surface area contributed by atoms with Crippen molar-refractivity contribution >= 4 is 5.69 Å². The van der Waals surface area contributed by atoms with Crippen LogP contribution in [0.4, 0.5) is 5.69 Å². The average molecular weight is 161 g/mol. The molecule has 0 radical (unpaired) electrons. The van der Waals surface area contributed by atoms with E-state index in [-0.39, 0.29) is 0 Å². The van der Waals surface area contributed by atoms with Crippen LogP contribution < -0.4 is 10.5 Å². The standard InChI is InChI=1S/C10H11NO/c11-8-3-1-2-7-9(8)12-6-10(7)4-5-10/h1-3H,4-6,11H2. The van der Waals surface area contributed by atoms with Crippen LogP contribution in [0.2, 0.25) is 0 Å². The van der Waals surface area contributed by atoms with Crippen molar-refractivity contribution in [1.82, 2.24) is 0 Å². The van der Waals surface area contributed by atoms with Gasteiger partial charge in [-0.25, -0.2) is 0 Å². The van der Waals surface area contributed by atoms with Gasteiger partial charge in [0.25, 0.3) is 0 Å². The Kier molecular flexibility index (Phi) is 0.932. The van der Waals surface area contributed by atoms with E-state index < -0.39 is 0 Å². The van der Waals surface area contributed by atoms with Gasteiger partial charge in [-0.05, 0) is 18.9 Å². The van der Waals surface area contributed by atoms with Crippen molar-refractivity contribution in [2.45, 2.75) is 18.3 Å². The van der Waals surface area contributed by atoms with E-state index in [0.29, 0.717) is 5.41 Å². The van der Waals surface area contributed by atoms with Gasteiger partial charge in [-0.15, -0.1) is 0 Å². The highest BCUT2D eigenvalue weighted by Crippen LogP contribution is 2.56. The first-order chi connectivity index (χ1) is 5.82. The number of benzene rings is 1. The number of anilines is 1. The summed E-state index contributed by atoms with van der Waals surface area (Å²) in [7, 11) is 0. The maximum atomic E-state index is 5.80. The molecule has 12 heavy (non-hydrogen) atoms. The maximum absolute atomic E-state index is 5.80. The number of nitrogens with two attached hydrogens (primary N) is 1. The van der Waals surface area contributed by atoms with Gasteiger partial charge < -0.3 is 10.5 Å². The molecule has 1 aromatic rings. The van der Waals surface area contributed by atoms with Gasteiger partial charge in [-0.1, -0.05) is 12.1 Å². The first-order valence-corrected chi connectivity index (χ1v) is 4.34. The van der Waals surface area contributed by atoms with E-state index in [2.05, 4.69) is 6.07 Å². The Hall–Kier alpha value is -1.18. The smallest absolute Gasteiger partial charge is 0.146 e. The summed E-state index contributed by atoms with van der Waals surface area (Å²) in [6.07, 6.45) is 2.53. The lowest BCUT2D eigenvalue weighted by Crippen LogP contribution is -2.06. The fraction of sp³-hybridized carbons (Fsp3) is 0.400. The predicted molar refractivity (Wildman–Crippen MR) is 47.3 cm³/mol. The third-order valence-electron chi connectivity index (χ3n) is 2.96. The molecule has 0 saturated heterocycles. The quantitative estimate of drug-likeness (QED) is 0.588. The molecule has 0 unspecified atom stereocenters. The second-order valence-corrected chi connectivity index (χ2v) is 3.79. The molecule has 0 atom stereocenters. The van der Waals surface area contributed by atoms with Crippen LogP contribution >= 0.6 is 0 Å². The average Bonchev–Trinajstić information content (AvgIpc) is 2.73. The third kappa shape index (κ3) is 0.607. The molecule has 2 heteroatoms. The highest BCUT2D eigenvalue weighted by atomic mass is 16.5. The Morgan fingerprint density at radius 1 is 1.33 bits per heavy atom. The Balaban J connectivity index is 2.23. The first-order valence-electron chi connectivity index (χ1n) is 4.34. The van der Waals surface area contributed by atoms with Gasteiger partial charge in [-0.2, -0.15) is 0 Å². The van der Waals surface area contributed by atoms with Gasteiger partial charge in [0.15, 0.2) is 0 Å². The minimum absolute atomic E-state index is 0.366. The van der Waals surface area contributed by atoms with Crippen LogP contribution in [-0.4, -0.2) is 6.61 Å². The van der Waals surface area contributed by atoms with Gasteiger partial charge in [0.05, 0.1) is 12.3 Å². The Morgan fingerprint density at radius 3 is 2.92 bits per heavy atom. The topological polar surface area (TPSA) is 35.2 Å². The monoisotopic (exact) mass is 161 g/mol. The molecule has 1 heterocycles. The second-order valence-electron chi connectivity index (χ2n) is 3.79. The molecule has 2 aliphatic rings. The van der Waals surface area contributed by atoms with Gasteiger partial charge in [-0.3, -0.25) is 0 Å². The van der Waals surface area contributed by atoms with Crippen molar-refractivity contribution < 1.29 is 4.74 Å². The van der Waals surface area contributed by atoms with Crippen LogP contribution in [0.3, 0.4) is 0 Å². The Bertz CT molecular complexity index is 342. The van der Waals surface area contributed by atoms with Gasteiger partial charge in [0, 0.05) is 11.0 Å². The van der Waals surface area contributed by atoms with Crippen molar-refractivity contribution in [3.63, 3.8) is 0 Å². The molecule has 62 valence electrons. The largest absolute Gasteiger partial charge is 0.490 e. The minimum Gasteiger partial charge on any atom is -0.490 e. The van der Waals surface area contributed by atoms with Crippen LogP contribution in [0.1, 0.15) is 18.4 Å². The lowest BCUT2D eigenvalue weighted by Gasteiger charge is -2.03. The summed E-state index contributed by atoms with van der Waals surface area (Å²) >= 11 is 0. The molecule has 1 spiro atoms. The van der Waals surface area contributed by atoms with E-state index in [0.717, 1.165) is 18.0 Å². The summed E-state index contributed by atoms with van der Waals surface area (Å²) in [6.45, 7) is 0.844. The number of nitrogen functional groups attached to an aromatic ring is 1. The fourth-order valence-electron chi connectivity index (χ4n) is 1.99. The summed E-state index contributed by atoms with van der Waals surface area (Å²) in [6, 6.07) is 6.06. The van der Waals surface area contributed by atoms with E-state index in [1.807, 2.05) is 12.1 Å². The molecule has 1 saturated carbocycles. The number of ether oxygens (including phenoxy) is 1. The summed E-state index contributed by atoms with van der Waals surface area (Å²) in [5.74, 6) is 0.940. The molecular formula is C10H11NO. The van der Waals surface area contributed by atoms with Crippen LogP contribution in [0.5, 0.6) is 5.75 Å². The molecule has 3 rings (SSSR count). The number of rotatable bonds is 0. The summed E-state index contributed by atoms with van der Waals surface area (Å²) < 4.78 is 5.58. The lowest BCUT2D eigenvalue weighted by atomic mass is 9.98. The molecule has 1 aromatic carbocycles. The van der Waals surface area contributed by atoms with Crippen molar-refractivity contribution in [3.8, 4) is 5.75 Å². The molecule has 2 nitrogen and oxygen atoms in total. The normalized spacial score (nSPS) is 22.0. The molecule has 1 fully saturated rings. The van der Waals surface area contributed by atoms with E-state index in [4.69, 9.17) is 10.5 Å². The number of para-hydroxylation sites is 1. The number of hydrogen-bond donors (Lipinski definition) is 1. The van der Waals surface area contributed by atoms with Gasteiger partial charge in [0.2, 0.25) is 0 Å². The molecule has 1 aliphatic carbocycles. The SMILES string of the molecule is Nc1cccc2c1OCC21CC1. The van der Waals surface area contributed by atoms with Crippen molar-refractivity contribution in [1.29, 1.82) is 0 Å². The van der Waals surface area contributed by atoms with Crippen LogP contribution in [0.15, 0.2) is 18.2 Å². The van der Waals surface area contributed by atoms with Crippen molar-refractivity contribution in [3.05, 3.63) is 23.8 Å². The molecule has 0 aromatic heterocycles. The van der Waals surface area contributed by atoms with Gasteiger partial charge in [0.1, 0.15) is 5.75 Å². The highest BCUT2D eigenvalue weighted by molar-refractivity contribution is 5.62. The van der Waals surface area contributed by atoms with E-state index in [9.17, 15) is 0 Å². The lowest BCUT2D eigenvalue weighted by molar-refractivity contribution is 0.325. The predicted octanol–water partition coefficient (Wildman–Crippen LogP) is 1.69. The fourth-order valence-corrected chi connectivity index (χ4v) is 1.99. The van der Waals surface area contributed by atoms with Crippen molar-refractivity contribution in [2.75, 3.05) is 12.3 Å². The van der Waals surface area contributed by atoms with Crippen LogP contribution in [0.25, 0.3) is 0 Å². The third-order valence-corrected chi connectivity index (χ3v) is 2.96. The molecule has 2 N–H and O–H groups in total. The highest BCUT2D eigenvalue weighted by Gasteiger charge is 2.50. The van der Waals surface area contributed by atoms with Gasteiger partial charge >= 0.3 is 0 Å². The minimum atomic E-state index is 0.366. The molecule has 0 amide bonds.